The molecule has 8 heteroatoms. The molecule has 0 saturated carbocycles. The molecule has 0 radical (unpaired) electrons. The summed E-state index contributed by atoms with van der Waals surface area (Å²) in [6.07, 6.45) is 5.09. The van der Waals surface area contributed by atoms with Crippen LogP contribution < -0.4 is 0 Å². The molecule has 33 heavy (non-hydrogen) atoms. The van der Waals surface area contributed by atoms with Crippen LogP contribution in [0.5, 0.6) is 0 Å². The summed E-state index contributed by atoms with van der Waals surface area (Å²) in [5, 5.41) is 10.8. The second-order valence-electron chi connectivity index (χ2n) is 8.13. The van der Waals surface area contributed by atoms with Crippen molar-refractivity contribution in [3.63, 3.8) is 0 Å². The van der Waals surface area contributed by atoms with Crippen LogP contribution in [-0.4, -0.2) is 44.4 Å². The van der Waals surface area contributed by atoms with Crippen LogP contribution in [0, 0.1) is 0 Å². The number of amides is 1. The van der Waals surface area contributed by atoms with Gasteiger partial charge in [0.15, 0.2) is 11.0 Å². The van der Waals surface area contributed by atoms with Crippen molar-refractivity contribution in [2.45, 2.75) is 51.1 Å². The molecule has 2 aromatic carbocycles. The van der Waals surface area contributed by atoms with Gasteiger partial charge >= 0.3 is 0 Å². The smallest absolute Gasteiger partial charge is 0.233 e. The number of carbonyl (C=O) groups is 1. The lowest BCUT2D eigenvalue weighted by Gasteiger charge is -2.26. The Bertz CT molecular complexity index is 1120. The van der Waals surface area contributed by atoms with Crippen LogP contribution in [0.25, 0.3) is 17.1 Å². The van der Waals surface area contributed by atoms with Gasteiger partial charge in [-0.1, -0.05) is 67.0 Å². The topological polar surface area (TPSA) is 51.0 Å². The molecule has 0 atom stereocenters. The maximum atomic E-state index is 12.8. The number of para-hydroxylation sites is 1. The number of aromatic nitrogens is 3. The van der Waals surface area contributed by atoms with E-state index in [9.17, 15) is 4.79 Å². The Labute approximate surface area is 209 Å². The normalized spacial score (nSPS) is 14.0. The summed E-state index contributed by atoms with van der Waals surface area (Å²) in [7, 11) is 0. The molecule has 5 nitrogen and oxygen atoms in total. The second kappa shape index (κ2) is 10.9. The van der Waals surface area contributed by atoms with Crippen LogP contribution in [0.3, 0.4) is 0 Å². The Balaban J connectivity index is 1.78. The van der Waals surface area contributed by atoms with Gasteiger partial charge < -0.3 is 4.90 Å². The maximum Gasteiger partial charge on any atom is 0.233 e. The molecule has 174 valence electrons. The molecule has 3 aromatic rings. The molecule has 4 rings (SSSR count). The molecule has 0 N–H and O–H groups in total. The molecule has 0 unspecified atom stereocenters. The standard InChI is InChI=1S/C25H28Cl2N4OS/c1-3-17-9-8-10-18(4-2)23(17)31-24(20-12-11-19(26)15-21(20)27)28-29-25(31)33-16-22(32)30-13-6-5-7-14-30/h8-12,15H,3-7,13-14,16H2,1-2H3. The third-order valence-corrected chi connectivity index (χ3v) is 7.49. The summed E-state index contributed by atoms with van der Waals surface area (Å²) in [6, 6.07) is 11.8. The van der Waals surface area contributed by atoms with E-state index in [4.69, 9.17) is 23.2 Å². The minimum atomic E-state index is 0.153. The van der Waals surface area contributed by atoms with Gasteiger partial charge in [-0.3, -0.25) is 9.36 Å². The zero-order chi connectivity index (χ0) is 23.4. The number of hydrogen-bond donors (Lipinski definition) is 0. The number of halogens is 2. The summed E-state index contributed by atoms with van der Waals surface area (Å²) >= 11 is 14.2. The Morgan fingerprint density at radius 2 is 1.70 bits per heavy atom. The molecule has 1 amide bonds. The SMILES string of the molecule is CCc1cccc(CC)c1-n1c(SCC(=O)N2CCCCC2)nnc1-c1ccc(Cl)cc1Cl. The van der Waals surface area contributed by atoms with E-state index in [0.29, 0.717) is 26.8 Å². The first kappa shape index (κ1) is 24.1. The Morgan fingerprint density at radius 1 is 1.00 bits per heavy atom. The van der Waals surface area contributed by atoms with Gasteiger partial charge in [0.2, 0.25) is 5.91 Å². The molecule has 1 aliphatic rings. The van der Waals surface area contributed by atoms with Crippen molar-refractivity contribution < 1.29 is 4.79 Å². The number of aryl methyl sites for hydroxylation is 2. The number of piperidine rings is 1. The van der Waals surface area contributed by atoms with Gasteiger partial charge in [0.25, 0.3) is 0 Å². The number of rotatable bonds is 7. The van der Waals surface area contributed by atoms with Gasteiger partial charge in [-0.25, -0.2) is 0 Å². The fourth-order valence-electron chi connectivity index (χ4n) is 4.27. The molecule has 2 heterocycles. The van der Waals surface area contributed by atoms with Crippen LogP contribution in [0.15, 0.2) is 41.6 Å². The van der Waals surface area contributed by atoms with Crippen molar-refractivity contribution in [1.82, 2.24) is 19.7 Å². The Hall–Kier alpha value is -2.02. The van der Waals surface area contributed by atoms with Crippen molar-refractivity contribution in [3.05, 3.63) is 57.6 Å². The fourth-order valence-corrected chi connectivity index (χ4v) is 5.61. The van der Waals surface area contributed by atoms with Crippen molar-refractivity contribution in [3.8, 4) is 17.1 Å². The molecule has 1 aromatic heterocycles. The van der Waals surface area contributed by atoms with Crippen LogP contribution in [0.4, 0.5) is 0 Å². The summed E-state index contributed by atoms with van der Waals surface area (Å²) in [5.74, 6) is 1.14. The van der Waals surface area contributed by atoms with Crippen LogP contribution in [0.1, 0.15) is 44.2 Å². The lowest BCUT2D eigenvalue weighted by molar-refractivity contribution is -0.129. The third kappa shape index (κ3) is 5.23. The van der Waals surface area contributed by atoms with E-state index < -0.39 is 0 Å². The first-order valence-electron chi connectivity index (χ1n) is 11.5. The van der Waals surface area contributed by atoms with E-state index in [-0.39, 0.29) is 5.91 Å². The van der Waals surface area contributed by atoms with Gasteiger partial charge in [-0.05, 0) is 61.4 Å². The van der Waals surface area contributed by atoms with Crippen molar-refractivity contribution >= 4 is 40.9 Å². The molecular weight excluding hydrogens is 475 g/mol. The molecule has 0 spiro atoms. The van der Waals surface area contributed by atoms with E-state index in [1.54, 1.807) is 12.1 Å². The fraction of sp³-hybridized carbons (Fsp3) is 0.400. The second-order valence-corrected chi connectivity index (χ2v) is 9.91. The van der Waals surface area contributed by atoms with Crippen LogP contribution in [0.2, 0.25) is 10.0 Å². The highest BCUT2D eigenvalue weighted by Crippen LogP contribution is 2.36. The quantitative estimate of drug-likeness (QED) is 0.347. The highest BCUT2D eigenvalue weighted by Gasteiger charge is 2.24. The zero-order valence-corrected chi connectivity index (χ0v) is 21.3. The van der Waals surface area contributed by atoms with E-state index in [1.807, 2.05) is 11.0 Å². The maximum absolute atomic E-state index is 12.8. The summed E-state index contributed by atoms with van der Waals surface area (Å²) in [5.41, 5.74) is 4.23. The van der Waals surface area contributed by atoms with E-state index in [2.05, 4.69) is 46.8 Å². The Morgan fingerprint density at radius 3 is 2.33 bits per heavy atom. The lowest BCUT2D eigenvalue weighted by Crippen LogP contribution is -2.36. The number of hydrogen-bond acceptors (Lipinski definition) is 4. The molecular formula is C25H28Cl2N4OS. The molecule has 0 bridgehead atoms. The van der Waals surface area contributed by atoms with E-state index in [1.165, 1.54) is 29.3 Å². The van der Waals surface area contributed by atoms with Gasteiger partial charge in [0, 0.05) is 23.7 Å². The molecule has 0 aliphatic carbocycles. The number of benzene rings is 2. The van der Waals surface area contributed by atoms with Crippen molar-refractivity contribution in [2.24, 2.45) is 0 Å². The van der Waals surface area contributed by atoms with Gasteiger partial charge in [-0.15, -0.1) is 10.2 Å². The molecule has 1 saturated heterocycles. The third-order valence-electron chi connectivity index (χ3n) is 6.03. The van der Waals surface area contributed by atoms with E-state index >= 15 is 0 Å². The minimum absolute atomic E-state index is 0.153. The average Bonchev–Trinajstić information content (AvgIpc) is 3.25. The summed E-state index contributed by atoms with van der Waals surface area (Å²) in [4.78, 5) is 14.8. The van der Waals surface area contributed by atoms with Crippen LogP contribution in [-0.2, 0) is 17.6 Å². The number of carbonyl (C=O) groups excluding carboxylic acids is 1. The summed E-state index contributed by atoms with van der Waals surface area (Å²) < 4.78 is 2.07. The van der Waals surface area contributed by atoms with Crippen molar-refractivity contribution in [2.75, 3.05) is 18.8 Å². The highest BCUT2D eigenvalue weighted by atomic mass is 35.5. The van der Waals surface area contributed by atoms with Gasteiger partial charge in [0.1, 0.15) is 0 Å². The lowest BCUT2D eigenvalue weighted by atomic mass is 10.0. The largest absolute Gasteiger partial charge is 0.342 e. The monoisotopic (exact) mass is 502 g/mol. The summed E-state index contributed by atoms with van der Waals surface area (Å²) in [6.45, 7) is 5.97. The first-order chi connectivity index (χ1) is 16.0. The van der Waals surface area contributed by atoms with E-state index in [0.717, 1.165) is 50.0 Å². The minimum Gasteiger partial charge on any atom is -0.342 e. The first-order valence-corrected chi connectivity index (χ1v) is 13.2. The predicted octanol–water partition coefficient (Wildman–Crippen LogP) is 6.47. The number of thioether (sulfide) groups is 1. The van der Waals surface area contributed by atoms with Gasteiger partial charge in [-0.2, -0.15) is 0 Å². The average molecular weight is 503 g/mol. The number of likely N-dealkylation sites (tertiary alicyclic amines) is 1. The molecule has 1 fully saturated rings. The van der Waals surface area contributed by atoms with Crippen LogP contribution >= 0.6 is 35.0 Å². The zero-order valence-electron chi connectivity index (χ0n) is 19.0. The predicted molar refractivity (Wildman–Crippen MR) is 137 cm³/mol. The Kier molecular flexibility index (Phi) is 7.99. The van der Waals surface area contributed by atoms with Crippen molar-refractivity contribution in [1.29, 1.82) is 0 Å². The highest BCUT2D eigenvalue weighted by molar-refractivity contribution is 7.99. The number of nitrogens with zero attached hydrogens (tertiary/aromatic N) is 4. The molecule has 1 aliphatic heterocycles. The van der Waals surface area contributed by atoms with Gasteiger partial charge in [0.05, 0.1) is 16.5 Å².